The summed E-state index contributed by atoms with van der Waals surface area (Å²) in [5, 5.41) is 17.9. The first-order valence-corrected chi connectivity index (χ1v) is 8.66. The van der Waals surface area contributed by atoms with Crippen LogP contribution in [0.5, 0.6) is 0 Å². The molecule has 0 saturated carbocycles. The van der Waals surface area contributed by atoms with Gasteiger partial charge < -0.3 is 20.0 Å². The summed E-state index contributed by atoms with van der Waals surface area (Å²) in [6, 6.07) is 0. The molecule has 2 saturated heterocycles. The smallest absolute Gasteiger partial charge is 0.0558 e. The van der Waals surface area contributed by atoms with E-state index in [9.17, 15) is 0 Å². The number of hydrogen-bond donors (Lipinski definition) is 2. The molecule has 2 fully saturated rings. The molecule has 0 aromatic heterocycles. The fourth-order valence-electron chi connectivity index (χ4n) is 3.57. The maximum absolute atomic E-state index is 8.96. The molecule has 2 aliphatic rings. The van der Waals surface area contributed by atoms with E-state index in [-0.39, 0.29) is 6.61 Å². The summed E-state index contributed by atoms with van der Waals surface area (Å²) in [6.45, 7) is 6.83. The lowest BCUT2D eigenvalue weighted by Crippen LogP contribution is -2.35. The average molecular weight is 296 g/mol. The lowest BCUT2D eigenvalue weighted by Gasteiger charge is -2.31. The number of aliphatic hydroxyl groups is 2. The molecule has 0 radical (unpaired) electrons. The Bertz CT molecular complexity index is 302. The largest absolute Gasteiger partial charge is 0.395 e. The Balaban J connectivity index is 1.58. The van der Waals surface area contributed by atoms with Crippen LogP contribution < -0.4 is 0 Å². The number of hydrogen-bond acceptors (Lipinski definition) is 4. The monoisotopic (exact) mass is 296 g/mol. The SMILES string of the molecule is OCCN1CCC(=CCCC2CCN(CCO)CC2)CC1. The van der Waals surface area contributed by atoms with Crippen molar-refractivity contribution in [2.75, 3.05) is 52.5 Å². The molecule has 21 heavy (non-hydrogen) atoms. The standard InChI is InChI=1S/C17H32N2O2/c20-14-12-18-8-4-16(5-9-18)2-1-3-17-6-10-19(11-7-17)13-15-21/h2,17,20-21H,1,3-15H2. The molecule has 0 aromatic carbocycles. The predicted molar refractivity (Wildman–Crippen MR) is 86.3 cm³/mol. The van der Waals surface area contributed by atoms with Crippen LogP contribution in [0.4, 0.5) is 0 Å². The highest BCUT2D eigenvalue weighted by Gasteiger charge is 2.18. The Kier molecular flexibility index (Phi) is 7.72. The maximum atomic E-state index is 8.96. The molecular formula is C17H32N2O2. The van der Waals surface area contributed by atoms with E-state index in [0.717, 1.165) is 45.2 Å². The Hall–Kier alpha value is -0.420. The van der Waals surface area contributed by atoms with E-state index in [1.54, 1.807) is 5.57 Å². The highest BCUT2D eigenvalue weighted by atomic mass is 16.3. The first-order valence-electron chi connectivity index (χ1n) is 8.66. The first kappa shape index (κ1) is 16.9. The average Bonchev–Trinajstić information content (AvgIpc) is 2.51. The Morgan fingerprint density at radius 3 is 2.05 bits per heavy atom. The number of allylic oxidation sites excluding steroid dienone is 1. The van der Waals surface area contributed by atoms with Gasteiger partial charge in [0.2, 0.25) is 0 Å². The van der Waals surface area contributed by atoms with E-state index >= 15 is 0 Å². The molecule has 2 heterocycles. The Morgan fingerprint density at radius 1 is 0.905 bits per heavy atom. The molecule has 0 amide bonds. The molecule has 0 bridgehead atoms. The fraction of sp³-hybridized carbons (Fsp3) is 0.882. The van der Waals surface area contributed by atoms with Gasteiger partial charge in [-0.05, 0) is 57.5 Å². The molecule has 2 N–H and O–H groups in total. The van der Waals surface area contributed by atoms with Crippen LogP contribution in [0.2, 0.25) is 0 Å². The van der Waals surface area contributed by atoms with E-state index in [1.165, 1.54) is 38.5 Å². The van der Waals surface area contributed by atoms with E-state index < -0.39 is 0 Å². The Labute approximate surface area is 129 Å². The number of likely N-dealkylation sites (tertiary alicyclic amines) is 2. The van der Waals surface area contributed by atoms with E-state index in [1.807, 2.05) is 0 Å². The predicted octanol–water partition coefficient (Wildman–Crippen LogP) is 1.49. The zero-order chi connectivity index (χ0) is 14.9. The van der Waals surface area contributed by atoms with Crippen LogP contribution in [-0.2, 0) is 0 Å². The molecule has 4 heteroatoms. The molecule has 122 valence electrons. The number of aliphatic hydroxyl groups excluding tert-OH is 2. The molecule has 0 aliphatic carbocycles. The zero-order valence-corrected chi connectivity index (χ0v) is 13.3. The highest BCUT2D eigenvalue weighted by molar-refractivity contribution is 5.05. The van der Waals surface area contributed by atoms with Gasteiger partial charge in [0.05, 0.1) is 13.2 Å². The van der Waals surface area contributed by atoms with Crippen molar-refractivity contribution in [3.05, 3.63) is 11.6 Å². The fourth-order valence-corrected chi connectivity index (χ4v) is 3.57. The summed E-state index contributed by atoms with van der Waals surface area (Å²) in [7, 11) is 0. The highest BCUT2D eigenvalue weighted by Crippen LogP contribution is 2.23. The molecule has 2 aliphatic heterocycles. The summed E-state index contributed by atoms with van der Waals surface area (Å²) in [5.74, 6) is 0.881. The van der Waals surface area contributed by atoms with Crippen molar-refractivity contribution >= 4 is 0 Å². The third kappa shape index (κ3) is 6.07. The summed E-state index contributed by atoms with van der Waals surface area (Å²) >= 11 is 0. The van der Waals surface area contributed by atoms with E-state index in [2.05, 4.69) is 15.9 Å². The second-order valence-electron chi connectivity index (χ2n) is 6.51. The van der Waals surface area contributed by atoms with Gasteiger partial charge in [-0.1, -0.05) is 11.6 Å². The van der Waals surface area contributed by atoms with Crippen LogP contribution >= 0.6 is 0 Å². The van der Waals surface area contributed by atoms with Crippen molar-refractivity contribution < 1.29 is 10.2 Å². The van der Waals surface area contributed by atoms with E-state index in [4.69, 9.17) is 10.2 Å². The third-order valence-corrected chi connectivity index (χ3v) is 5.05. The lowest BCUT2D eigenvalue weighted by atomic mass is 9.91. The molecule has 0 unspecified atom stereocenters. The third-order valence-electron chi connectivity index (χ3n) is 5.05. The first-order chi connectivity index (χ1) is 10.3. The van der Waals surface area contributed by atoms with Crippen LogP contribution in [0.3, 0.4) is 0 Å². The van der Waals surface area contributed by atoms with Crippen LogP contribution in [0.25, 0.3) is 0 Å². The second kappa shape index (κ2) is 9.57. The van der Waals surface area contributed by atoms with Crippen LogP contribution in [0.1, 0.15) is 38.5 Å². The van der Waals surface area contributed by atoms with Gasteiger partial charge in [0.1, 0.15) is 0 Å². The molecule has 0 aromatic rings. The summed E-state index contributed by atoms with van der Waals surface area (Å²) in [6.07, 6.45) is 10.0. The minimum atomic E-state index is 0.286. The minimum Gasteiger partial charge on any atom is -0.395 e. The minimum absolute atomic E-state index is 0.286. The summed E-state index contributed by atoms with van der Waals surface area (Å²) < 4.78 is 0. The van der Waals surface area contributed by atoms with Crippen LogP contribution in [0, 0.1) is 5.92 Å². The van der Waals surface area contributed by atoms with Gasteiger partial charge in [0.25, 0.3) is 0 Å². The van der Waals surface area contributed by atoms with Crippen molar-refractivity contribution in [1.82, 2.24) is 9.80 Å². The molecule has 0 spiro atoms. The number of β-amino-alcohol motifs (C(OH)–C–C–N with tert-alkyl or cyclic N) is 2. The zero-order valence-electron chi connectivity index (χ0n) is 13.3. The second-order valence-corrected chi connectivity index (χ2v) is 6.51. The van der Waals surface area contributed by atoms with Crippen molar-refractivity contribution in [3.8, 4) is 0 Å². The van der Waals surface area contributed by atoms with Crippen LogP contribution in [-0.4, -0.2) is 72.5 Å². The summed E-state index contributed by atoms with van der Waals surface area (Å²) in [4.78, 5) is 4.74. The van der Waals surface area contributed by atoms with Gasteiger partial charge in [-0.2, -0.15) is 0 Å². The molecule has 0 atom stereocenters. The van der Waals surface area contributed by atoms with Crippen molar-refractivity contribution in [2.24, 2.45) is 5.92 Å². The van der Waals surface area contributed by atoms with Gasteiger partial charge in [-0.3, -0.25) is 0 Å². The van der Waals surface area contributed by atoms with Gasteiger partial charge in [-0.25, -0.2) is 0 Å². The lowest BCUT2D eigenvalue weighted by molar-refractivity contribution is 0.145. The molecular weight excluding hydrogens is 264 g/mol. The van der Waals surface area contributed by atoms with Gasteiger partial charge >= 0.3 is 0 Å². The normalized spacial score (nSPS) is 22.7. The van der Waals surface area contributed by atoms with Gasteiger partial charge in [0.15, 0.2) is 0 Å². The number of rotatable bonds is 7. The van der Waals surface area contributed by atoms with Crippen molar-refractivity contribution in [3.63, 3.8) is 0 Å². The summed E-state index contributed by atoms with van der Waals surface area (Å²) in [5.41, 5.74) is 1.63. The maximum Gasteiger partial charge on any atom is 0.0558 e. The molecule has 4 nitrogen and oxygen atoms in total. The van der Waals surface area contributed by atoms with Crippen molar-refractivity contribution in [2.45, 2.75) is 38.5 Å². The number of piperidine rings is 2. The topological polar surface area (TPSA) is 46.9 Å². The van der Waals surface area contributed by atoms with Crippen molar-refractivity contribution in [1.29, 1.82) is 0 Å². The van der Waals surface area contributed by atoms with Gasteiger partial charge in [0, 0.05) is 26.2 Å². The van der Waals surface area contributed by atoms with Gasteiger partial charge in [-0.15, -0.1) is 0 Å². The Morgan fingerprint density at radius 2 is 1.48 bits per heavy atom. The molecule has 2 rings (SSSR count). The van der Waals surface area contributed by atoms with Crippen LogP contribution in [0.15, 0.2) is 11.6 Å². The number of nitrogens with zero attached hydrogens (tertiary/aromatic N) is 2. The van der Waals surface area contributed by atoms with E-state index in [0.29, 0.717) is 6.61 Å². The quantitative estimate of drug-likeness (QED) is 0.699.